The van der Waals surface area contributed by atoms with Crippen molar-refractivity contribution in [1.82, 2.24) is 0 Å². The number of sulfonamides is 1. The van der Waals surface area contributed by atoms with Crippen LogP contribution in [0.15, 0.2) is 41.3 Å². The Balaban J connectivity index is 2.43. The van der Waals surface area contributed by atoms with Gasteiger partial charge in [0.15, 0.2) is 0 Å². The van der Waals surface area contributed by atoms with Gasteiger partial charge in [-0.3, -0.25) is 4.72 Å². The van der Waals surface area contributed by atoms with Gasteiger partial charge in [0.1, 0.15) is 5.82 Å². The highest BCUT2D eigenvalue weighted by molar-refractivity contribution is 7.92. The fourth-order valence-corrected chi connectivity index (χ4v) is 3.12. The van der Waals surface area contributed by atoms with Gasteiger partial charge < -0.3 is 5.73 Å². The van der Waals surface area contributed by atoms with Crippen molar-refractivity contribution in [3.63, 3.8) is 0 Å². The van der Waals surface area contributed by atoms with Gasteiger partial charge in [0.2, 0.25) is 0 Å². The molecule has 0 atom stereocenters. The van der Waals surface area contributed by atoms with Crippen molar-refractivity contribution in [2.24, 2.45) is 0 Å². The monoisotopic (exact) mass is 314 g/mol. The van der Waals surface area contributed by atoms with Gasteiger partial charge in [0, 0.05) is 0 Å². The van der Waals surface area contributed by atoms with E-state index in [1.165, 1.54) is 12.1 Å². The first kappa shape index (κ1) is 14.6. The predicted molar refractivity (Wildman–Crippen MR) is 77.8 cm³/mol. The van der Waals surface area contributed by atoms with E-state index in [-0.39, 0.29) is 21.3 Å². The Morgan fingerprint density at radius 3 is 2.55 bits per heavy atom. The van der Waals surface area contributed by atoms with Gasteiger partial charge in [-0.15, -0.1) is 0 Å². The summed E-state index contributed by atoms with van der Waals surface area (Å²) >= 11 is 5.96. The summed E-state index contributed by atoms with van der Waals surface area (Å²) in [4.78, 5) is -0.219. The molecule has 4 nitrogen and oxygen atoms in total. The van der Waals surface area contributed by atoms with Crippen molar-refractivity contribution in [2.45, 2.75) is 11.8 Å². The third-order valence-electron chi connectivity index (χ3n) is 2.74. The smallest absolute Gasteiger partial charge is 0.262 e. The minimum Gasteiger partial charge on any atom is -0.396 e. The summed E-state index contributed by atoms with van der Waals surface area (Å²) in [5.41, 5.74) is 6.14. The van der Waals surface area contributed by atoms with Gasteiger partial charge in [-0.05, 0) is 36.8 Å². The molecule has 0 radical (unpaired) electrons. The van der Waals surface area contributed by atoms with Crippen LogP contribution in [0.5, 0.6) is 0 Å². The Bertz CT molecular complexity index is 743. The molecule has 0 aliphatic heterocycles. The van der Waals surface area contributed by atoms with Gasteiger partial charge in [-0.2, -0.15) is 0 Å². The number of nitrogens with one attached hydrogen (secondary N) is 1. The average Bonchev–Trinajstić information content (AvgIpc) is 2.37. The van der Waals surface area contributed by atoms with Crippen LogP contribution in [-0.2, 0) is 10.0 Å². The second kappa shape index (κ2) is 5.30. The van der Waals surface area contributed by atoms with Crippen LogP contribution in [0.3, 0.4) is 0 Å². The number of nitrogen functional groups attached to an aromatic ring is 1. The molecule has 0 heterocycles. The first-order valence-electron chi connectivity index (χ1n) is 5.64. The number of rotatable bonds is 3. The summed E-state index contributed by atoms with van der Waals surface area (Å²) < 4.78 is 40.1. The third kappa shape index (κ3) is 2.86. The van der Waals surface area contributed by atoms with Gasteiger partial charge in [-0.25, -0.2) is 12.8 Å². The molecule has 0 bridgehead atoms. The number of nitrogens with two attached hydrogens (primary N) is 1. The summed E-state index contributed by atoms with van der Waals surface area (Å²) in [5, 5.41) is 0.268. The largest absolute Gasteiger partial charge is 0.396 e. The summed E-state index contributed by atoms with van der Waals surface area (Å²) in [6.45, 7) is 1.72. The molecule has 3 N–H and O–H groups in total. The highest BCUT2D eigenvalue weighted by Crippen LogP contribution is 2.28. The highest BCUT2D eigenvalue weighted by Gasteiger charge is 2.18. The van der Waals surface area contributed by atoms with E-state index in [9.17, 15) is 12.8 Å². The lowest BCUT2D eigenvalue weighted by Crippen LogP contribution is -2.14. The molecule has 0 saturated carbocycles. The van der Waals surface area contributed by atoms with Gasteiger partial charge in [0.05, 0.1) is 21.3 Å². The van der Waals surface area contributed by atoms with E-state index in [0.717, 1.165) is 6.07 Å². The Labute approximate surface area is 121 Å². The minimum atomic E-state index is -3.93. The maximum absolute atomic E-state index is 13.4. The van der Waals surface area contributed by atoms with Crippen LogP contribution in [0, 0.1) is 12.7 Å². The SMILES string of the molecule is Cc1cccc(Cl)c1NS(=O)(=O)c1ccc(N)c(F)c1. The molecule has 2 aromatic carbocycles. The number of halogens is 2. The lowest BCUT2D eigenvalue weighted by atomic mass is 10.2. The molecule has 2 rings (SSSR count). The Hall–Kier alpha value is -1.79. The van der Waals surface area contributed by atoms with E-state index in [0.29, 0.717) is 5.56 Å². The second-order valence-corrected chi connectivity index (χ2v) is 6.31. The number of para-hydroxylation sites is 1. The molecule has 0 spiro atoms. The van der Waals surface area contributed by atoms with Crippen LogP contribution in [-0.4, -0.2) is 8.42 Å². The van der Waals surface area contributed by atoms with E-state index in [1.807, 2.05) is 0 Å². The molecular weight excluding hydrogens is 303 g/mol. The lowest BCUT2D eigenvalue weighted by Gasteiger charge is -2.12. The first-order valence-corrected chi connectivity index (χ1v) is 7.50. The summed E-state index contributed by atoms with van der Waals surface area (Å²) in [7, 11) is -3.93. The zero-order valence-corrected chi connectivity index (χ0v) is 12.1. The lowest BCUT2D eigenvalue weighted by molar-refractivity contribution is 0.596. The fraction of sp³-hybridized carbons (Fsp3) is 0.0769. The van der Waals surface area contributed by atoms with Crippen molar-refractivity contribution >= 4 is 33.0 Å². The second-order valence-electron chi connectivity index (χ2n) is 4.22. The molecule has 106 valence electrons. The van der Waals surface area contributed by atoms with E-state index in [4.69, 9.17) is 17.3 Å². The number of aryl methyl sites for hydroxylation is 1. The van der Waals surface area contributed by atoms with Crippen molar-refractivity contribution in [3.05, 3.63) is 52.8 Å². The zero-order valence-electron chi connectivity index (χ0n) is 10.5. The number of hydrogen-bond acceptors (Lipinski definition) is 3. The van der Waals surface area contributed by atoms with Crippen molar-refractivity contribution in [2.75, 3.05) is 10.5 Å². The quantitative estimate of drug-likeness (QED) is 0.855. The molecule has 0 aliphatic rings. The maximum Gasteiger partial charge on any atom is 0.262 e. The molecule has 0 fully saturated rings. The fourth-order valence-electron chi connectivity index (χ4n) is 1.63. The Kier molecular flexibility index (Phi) is 3.87. The van der Waals surface area contributed by atoms with Crippen LogP contribution in [0.25, 0.3) is 0 Å². The average molecular weight is 315 g/mol. The van der Waals surface area contributed by atoms with Crippen LogP contribution in [0.4, 0.5) is 15.8 Å². The molecule has 0 aromatic heterocycles. The predicted octanol–water partition coefficient (Wildman–Crippen LogP) is 3.17. The molecule has 20 heavy (non-hydrogen) atoms. The summed E-state index contributed by atoms with van der Waals surface area (Å²) in [6.07, 6.45) is 0. The molecule has 2 aromatic rings. The molecule has 0 amide bonds. The van der Waals surface area contributed by atoms with Crippen LogP contribution in [0.2, 0.25) is 5.02 Å². The van der Waals surface area contributed by atoms with Gasteiger partial charge >= 0.3 is 0 Å². The first-order chi connectivity index (χ1) is 9.31. The highest BCUT2D eigenvalue weighted by atomic mass is 35.5. The Morgan fingerprint density at radius 1 is 1.25 bits per heavy atom. The van der Waals surface area contributed by atoms with E-state index < -0.39 is 15.8 Å². The third-order valence-corrected chi connectivity index (χ3v) is 4.40. The minimum absolute atomic E-state index is 0.113. The molecule has 0 saturated heterocycles. The van der Waals surface area contributed by atoms with E-state index >= 15 is 0 Å². The van der Waals surface area contributed by atoms with Crippen LogP contribution in [0.1, 0.15) is 5.56 Å². The normalized spacial score (nSPS) is 11.3. The zero-order chi connectivity index (χ0) is 14.9. The van der Waals surface area contributed by atoms with E-state index in [1.54, 1.807) is 25.1 Å². The van der Waals surface area contributed by atoms with Crippen molar-refractivity contribution in [1.29, 1.82) is 0 Å². The molecule has 0 unspecified atom stereocenters. The molecule has 0 aliphatic carbocycles. The van der Waals surface area contributed by atoms with Gasteiger partial charge in [0.25, 0.3) is 10.0 Å². The van der Waals surface area contributed by atoms with Crippen molar-refractivity contribution in [3.8, 4) is 0 Å². The standard InChI is InChI=1S/C13H12ClFN2O2S/c1-8-3-2-4-10(14)13(8)17-20(18,19)9-5-6-12(16)11(15)7-9/h2-7,17H,16H2,1H3. The summed E-state index contributed by atoms with van der Waals surface area (Å²) in [6, 6.07) is 8.28. The van der Waals surface area contributed by atoms with Crippen LogP contribution >= 0.6 is 11.6 Å². The van der Waals surface area contributed by atoms with E-state index in [2.05, 4.69) is 4.72 Å². The topological polar surface area (TPSA) is 72.2 Å². The number of benzene rings is 2. The number of hydrogen-bond donors (Lipinski definition) is 2. The number of anilines is 2. The Morgan fingerprint density at radius 2 is 1.95 bits per heavy atom. The molecule has 7 heteroatoms. The summed E-state index contributed by atoms with van der Waals surface area (Å²) in [5.74, 6) is -0.788. The van der Waals surface area contributed by atoms with Crippen LogP contribution < -0.4 is 10.5 Å². The van der Waals surface area contributed by atoms with Gasteiger partial charge in [-0.1, -0.05) is 23.7 Å². The molecular formula is C13H12ClFN2O2S. The maximum atomic E-state index is 13.4. The van der Waals surface area contributed by atoms with Crippen molar-refractivity contribution < 1.29 is 12.8 Å².